The Bertz CT molecular complexity index is 482. The summed E-state index contributed by atoms with van der Waals surface area (Å²) in [6, 6.07) is 14.2. The molecule has 0 N–H and O–H groups in total. The first-order valence-electron chi connectivity index (χ1n) is 5.85. The van der Waals surface area contributed by atoms with Gasteiger partial charge in [-0.05, 0) is 35.4 Å². The Morgan fingerprint density at radius 3 is 1.45 bits per heavy atom. The summed E-state index contributed by atoms with van der Waals surface area (Å²) in [6.07, 6.45) is 0. The Hall–Kier alpha value is -0.670. The molecule has 0 saturated carbocycles. The molecule has 0 aromatic heterocycles. The summed E-state index contributed by atoms with van der Waals surface area (Å²) in [5.41, 5.74) is 1.76. The lowest BCUT2D eigenvalue weighted by Crippen LogP contribution is -2.03. The van der Waals surface area contributed by atoms with Crippen molar-refractivity contribution in [1.29, 1.82) is 0 Å². The van der Waals surface area contributed by atoms with Crippen molar-refractivity contribution >= 4 is 31.8 Å². The fourth-order valence-corrected chi connectivity index (χ4v) is 2.29. The van der Waals surface area contributed by atoms with Crippen molar-refractivity contribution in [3.63, 3.8) is 0 Å². The Balaban J connectivity index is 1.73. The summed E-state index contributed by atoms with van der Waals surface area (Å²) in [5.74, 6) is 0. The van der Waals surface area contributed by atoms with E-state index in [1.54, 1.807) is 24.3 Å². The average Bonchev–Trinajstić information content (AvgIpc) is 2.46. The van der Waals surface area contributed by atoms with Gasteiger partial charge in [0.1, 0.15) is 0 Å². The molecule has 0 fully saturated rings. The van der Waals surface area contributed by atoms with Gasteiger partial charge in [0.25, 0.3) is 0 Å². The fourth-order valence-electron chi connectivity index (χ4n) is 1.45. The van der Waals surface area contributed by atoms with Gasteiger partial charge in [0, 0.05) is 10.0 Å². The number of hydrogen-bond acceptors (Lipinski definition) is 3. The van der Waals surface area contributed by atoms with Crippen molar-refractivity contribution in [2.75, 3.05) is 0 Å². The third-order valence-electron chi connectivity index (χ3n) is 2.50. The van der Waals surface area contributed by atoms with Crippen LogP contribution in [0, 0.1) is 0 Å². The molecule has 0 heterocycles. The van der Waals surface area contributed by atoms with Crippen molar-refractivity contribution in [3.8, 4) is 0 Å². The molecule has 2 rings (SSSR count). The number of rotatable bonds is 6. The van der Waals surface area contributed by atoms with Gasteiger partial charge in [-0.25, -0.2) is 0 Å². The van der Waals surface area contributed by atoms with E-state index < -0.39 is 8.60 Å². The summed E-state index contributed by atoms with van der Waals surface area (Å²) in [6.45, 7) is 0.431. The van der Waals surface area contributed by atoms with E-state index in [1.807, 2.05) is 24.3 Å². The SMILES string of the molecule is [O-]P(OCc1ccc(Cl)cc1)OCc1ccc(Cl)cc1. The van der Waals surface area contributed by atoms with Crippen LogP contribution in [0.25, 0.3) is 0 Å². The van der Waals surface area contributed by atoms with Crippen LogP contribution >= 0.6 is 31.8 Å². The molecule has 0 amide bonds. The van der Waals surface area contributed by atoms with Crippen LogP contribution in [-0.2, 0) is 22.3 Å². The van der Waals surface area contributed by atoms with Crippen molar-refractivity contribution in [1.82, 2.24) is 0 Å². The standard InChI is InChI=1S/C14H12Cl2O3P/c15-13-5-1-11(2-6-13)9-18-20(17)19-10-12-3-7-14(16)8-4-12/h1-8H,9-10H2/q-1. The van der Waals surface area contributed by atoms with Crippen molar-refractivity contribution in [2.45, 2.75) is 13.2 Å². The van der Waals surface area contributed by atoms with Crippen LogP contribution < -0.4 is 4.89 Å². The first-order valence-corrected chi connectivity index (χ1v) is 7.70. The lowest BCUT2D eigenvalue weighted by molar-refractivity contribution is -0.206. The zero-order chi connectivity index (χ0) is 14.4. The van der Waals surface area contributed by atoms with Gasteiger partial charge >= 0.3 is 0 Å². The van der Waals surface area contributed by atoms with Gasteiger partial charge in [-0.2, -0.15) is 0 Å². The molecule has 0 radical (unpaired) electrons. The van der Waals surface area contributed by atoms with E-state index in [0.29, 0.717) is 10.0 Å². The second kappa shape index (κ2) is 7.94. The summed E-state index contributed by atoms with van der Waals surface area (Å²) in [5, 5.41) is 1.30. The second-order valence-electron chi connectivity index (χ2n) is 4.02. The minimum absolute atomic E-state index is 0.215. The zero-order valence-corrected chi connectivity index (χ0v) is 12.9. The topological polar surface area (TPSA) is 41.5 Å². The summed E-state index contributed by atoms with van der Waals surface area (Å²) >= 11 is 11.5. The predicted octanol–water partition coefficient (Wildman–Crippen LogP) is 4.31. The van der Waals surface area contributed by atoms with Crippen molar-refractivity contribution in [3.05, 3.63) is 69.7 Å². The van der Waals surface area contributed by atoms with Gasteiger partial charge in [0.05, 0.1) is 21.8 Å². The molecule has 0 spiro atoms. The maximum Gasteiger partial charge on any atom is 0.0838 e. The number of hydrogen-bond donors (Lipinski definition) is 0. The minimum Gasteiger partial charge on any atom is -0.786 e. The number of benzene rings is 2. The molecule has 20 heavy (non-hydrogen) atoms. The third kappa shape index (κ3) is 5.37. The molecule has 3 nitrogen and oxygen atoms in total. The molecule has 0 aliphatic carbocycles. The van der Waals surface area contributed by atoms with Gasteiger partial charge in [0.15, 0.2) is 0 Å². The van der Waals surface area contributed by atoms with Crippen LogP contribution in [0.3, 0.4) is 0 Å². The van der Waals surface area contributed by atoms with Gasteiger partial charge in [-0.3, -0.25) is 0 Å². The molecule has 2 aromatic carbocycles. The summed E-state index contributed by atoms with van der Waals surface area (Å²) in [4.78, 5) is 11.6. The Kier molecular flexibility index (Phi) is 6.24. The molecule has 0 bridgehead atoms. The predicted molar refractivity (Wildman–Crippen MR) is 79.4 cm³/mol. The van der Waals surface area contributed by atoms with E-state index in [-0.39, 0.29) is 13.2 Å². The molecule has 2 aromatic rings. The lowest BCUT2D eigenvalue weighted by Gasteiger charge is -2.22. The molecular weight excluding hydrogens is 318 g/mol. The van der Waals surface area contributed by atoms with E-state index in [9.17, 15) is 4.89 Å². The van der Waals surface area contributed by atoms with E-state index in [1.165, 1.54) is 0 Å². The molecule has 6 heteroatoms. The molecule has 0 aliphatic rings. The first kappa shape index (κ1) is 15.7. The maximum atomic E-state index is 11.6. The first-order chi connectivity index (χ1) is 9.63. The van der Waals surface area contributed by atoms with Crippen LogP contribution in [-0.4, -0.2) is 0 Å². The second-order valence-corrected chi connectivity index (χ2v) is 5.86. The highest BCUT2D eigenvalue weighted by molar-refractivity contribution is 7.38. The molecule has 0 atom stereocenters. The molecule has 0 unspecified atom stereocenters. The molecular formula is C14H12Cl2O3P-. The smallest absolute Gasteiger partial charge is 0.0838 e. The fraction of sp³-hybridized carbons (Fsp3) is 0.143. The number of halogens is 2. The molecule has 0 saturated heterocycles. The monoisotopic (exact) mass is 329 g/mol. The highest BCUT2D eigenvalue weighted by Crippen LogP contribution is 2.31. The molecule has 0 aliphatic heterocycles. The quantitative estimate of drug-likeness (QED) is 0.741. The van der Waals surface area contributed by atoms with Crippen LogP contribution in [0.2, 0.25) is 10.0 Å². The largest absolute Gasteiger partial charge is 0.786 e. The van der Waals surface area contributed by atoms with E-state index in [4.69, 9.17) is 32.2 Å². The van der Waals surface area contributed by atoms with Crippen LogP contribution in [0.5, 0.6) is 0 Å². The van der Waals surface area contributed by atoms with Crippen LogP contribution in [0.4, 0.5) is 0 Å². The Labute approximate surface area is 129 Å². The Morgan fingerprint density at radius 1 is 0.750 bits per heavy atom. The van der Waals surface area contributed by atoms with Crippen LogP contribution in [0.15, 0.2) is 48.5 Å². The van der Waals surface area contributed by atoms with Gasteiger partial charge in [0.2, 0.25) is 0 Å². The normalized spacial score (nSPS) is 11.0. The van der Waals surface area contributed by atoms with Crippen molar-refractivity contribution < 1.29 is 13.9 Å². The average molecular weight is 330 g/mol. The van der Waals surface area contributed by atoms with Gasteiger partial charge < -0.3 is 13.9 Å². The highest BCUT2D eigenvalue weighted by atomic mass is 35.5. The van der Waals surface area contributed by atoms with Crippen molar-refractivity contribution in [2.24, 2.45) is 0 Å². The van der Waals surface area contributed by atoms with E-state index in [2.05, 4.69) is 0 Å². The zero-order valence-electron chi connectivity index (χ0n) is 10.5. The summed E-state index contributed by atoms with van der Waals surface area (Å²) < 4.78 is 10.3. The Morgan fingerprint density at radius 2 is 1.10 bits per heavy atom. The summed E-state index contributed by atoms with van der Waals surface area (Å²) in [7, 11) is -2.16. The lowest BCUT2D eigenvalue weighted by atomic mass is 10.2. The van der Waals surface area contributed by atoms with E-state index in [0.717, 1.165) is 11.1 Å². The maximum absolute atomic E-state index is 11.6. The van der Waals surface area contributed by atoms with Gasteiger partial charge in [-0.1, -0.05) is 47.5 Å². The van der Waals surface area contributed by atoms with Gasteiger partial charge in [-0.15, -0.1) is 0 Å². The third-order valence-corrected chi connectivity index (χ3v) is 3.68. The highest BCUT2D eigenvalue weighted by Gasteiger charge is 2.00. The molecule has 106 valence electrons. The van der Waals surface area contributed by atoms with Crippen LogP contribution in [0.1, 0.15) is 11.1 Å². The minimum atomic E-state index is -2.16. The van der Waals surface area contributed by atoms with E-state index >= 15 is 0 Å².